The molecule has 0 bridgehead atoms. The highest BCUT2D eigenvalue weighted by Gasteiger charge is 2.03. The molecule has 0 saturated heterocycles. The minimum atomic E-state index is 0.812. The Kier molecular flexibility index (Phi) is 10.0. The van der Waals surface area contributed by atoms with Gasteiger partial charge in [0.05, 0.1) is 0 Å². The van der Waals surface area contributed by atoms with Gasteiger partial charge in [0, 0.05) is 5.66 Å². The first-order valence-electron chi connectivity index (χ1n) is 5.17. The van der Waals surface area contributed by atoms with E-state index in [1.54, 1.807) is 0 Å². The SMILES string of the molecule is CCCCCC(CCCC)P=S. The summed E-state index contributed by atoms with van der Waals surface area (Å²) in [5, 5.41) is 0. The number of hydrogen-bond acceptors (Lipinski definition) is 1. The molecule has 0 aliphatic carbocycles. The Hall–Kier alpha value is 0.520. The van der Waals surface area contributed by atoms with Crippen molar-refractivity contribution in [3.63, 3.8) is 0 Å². The second-order valence-corrected chi connectivity index (χ2v) is 4.97. The van der Waals surface area contributed by atoms with Crippen LogP contribution >= 0.6 is 7.36 Å². The molecule has 0 aromatic carbocycles. The topological polar surface area (TPSA) is 0 Å². The van der Waals surface area contributed by atoms with E-state index >= 15 is 0 Å². The van der Waals surface area contributed by atoms with Crippen LogP contribution < -0.4 is 0 Å². The van der Waals surface area contributed by atoms with Gasteiger partial charge < -0.3 is 0 Å². The zero-order valence-corrected chi connectivity index (χ0v) is 10.1. The average molecular weight is 204 g/mol. The highest BCUT2D eigenvalue weighted by atomic mass is 32.4. The molecule has 0 spiro atoms. The number of rotatable bonds is 8. The fourth-order valence-corrected chi connectivity index (χ4v) is 2.53. The van der Waals surface area contributed by atoms with E-state index in [9.17, 15) is 0 Å². The Bertz CT molecular complexity index is 104. The van der Waals surface area contributed by atoms with Gasteiger partial charge in [0.1, 0.15) is 0 Å². The molecule has 0 fully saturated rings. The molecule has 0 aromatic rings. The van der Waals surface area contributed by atoms with Crippen molar-refractivity contribution in [2.45, 2.75) is 64.5 Å². The molecule has 2 heteroatoms. The molecule has 0 aliphatic heterocycles. The Morgan fingerprint density at radius 3 is 2.08 bits per heavy atom. The molecule has 1 unspecified atom stereocenters. The van der Waals surface area contributed by atoms with Crippen LogP contribution in [0, 0.1) is 0 Å². The van der Waals surface area contributed by atoms with E-state index in [4.69, 9.17) is 11.8 Å². The summed E-state index contributed by atoms with van der Waals surface area (Å²) in [4.78, 5) is 0. The summed E-state index contributed by atoms with van der Waals surface area (Å²) in [5.74, 6) is 0. The lowest BCUT2D eigenvalue weighted by atomic mass is 10.1. The van der Waals surface area contributed by atoms with E-state index in [-0.39, 0.29) is 0 Å². The monoisotopic (exact) mass is 204 g/mol. The van der Waals surface area contributed by atoms with Crippen molar-refractivity contribution in [1.82, 2.24) is 0 Å². The Morgan fingerprint density at radius 1 is 1.00 bits per heavy atom. The molecule has 0 aliphatic rings. The summed E-state index contributed by atoms with van der Waals surface area (Å²) < 4.78 is 0. The molecular weight excluding hydrogens is 183 g/mol. The van der Waals surface area contributed by atoms with Gasteiger partial charge in [0.2, 0.25) is 0 Å². The van der Waals surface area contributed by atoms with Gasteiger partial charge in [0.25, 0.3) is 0 Å². The molecule has 0 nitrogen and oxygen atoms in total. The molecule has 0 saturated carbocycles. The fourth-order valence-electron chi connectivity index (χ4n) is 1.32. The summed E-state index contributed by atoms with van der Waals surface area (Å²) in [5.41, 5.74) is 0.812. The molecule has 0 aromatic heterocycles. The van der Waals surface area contributed by atoms with E-state index in [1.165, 1.54) is 52.3 Å². The standard InChI is InChI=1S/C10H21PS/c1-3-5-7-9-10(11-12)8-6-4-2/h10H,3-9H2,1-2H3. The first-order chi connectivity index (χ1) is 5.85. The highest BCUT2D eigenvalue weighted by molar-refractivity contribution is 7.96. The minimum Gasteiger partial charge on any atom is -0.0654 e. The van der Waals surface area contributed by atoms with Crippen LogP contribution in [-0.4, -0.2) is 5.66 Å². The minimum absolute atomic E-state index is 0.812. The fraction of sp³-hybridized carbons (Fsp3) is 1.00. The van der Waals surface area contributed by atoms with E-state index in [1.807, 2.05) is 0 Å². The van der Waals surface area contributed by atoms with E-state index in [0.29, 0.717) is 0 Å². The van der Waals surface area contributed by atoms with Gasteiger partial charge in [-0.1, -0.05) is 57.8 Å². The van der Waals surface area contributed by atoms with Crippen LogP contribution in [0.1, 0.15) is 58.8 Å². The predicted molar refractivity (Wildman–Crippen MR) is 61.7 cm³/mol. The van der Waals surface area contributed by atoms with Gasteiger partial charge in [-0.2, -0.15) is 0 Å². The van der Waals surface area contributed by atoms with Gasteiger partial charge >= 0.3 is 0 Å². The third-order valence-corrected chi connectivity index (χ3v) is 3.89. The zero-order valence-electron chi connectivity index (χ0n) is 8.38. The van der Waals surface area contributed by atoms with Crippen molar-refractivity contribution in [3.05, 3.63) is 0 Å². The van der Waals surface area contributed by atoms with Crippen LogP contribution in [0.5, 0.6) is 0 Å². The summed E-state index contributed by atoms with van der Waals surface area (Å²) in [6, 6.07) is 0. The Balaban J connectivity index is 3.32. The molecular formula is C10H21PS. The van der Waals surface area contributed by atoms with Crippen molar-refractivity contribution in [3.8, 4) is 0 Å². The molecule has 0 amide bonds. The van der Waals surface area contributed by atoms with Crippen molar-refractivity contribution < 1.29 is 0 Å². The summed E-state index contributed by atoms with van der Waals surface area (Å²) in [7, 11) is 1.20. The summed E-state index contributed by atoms with van der Waals surface area (Å²) in [6.07, 6.45) is 9.48. The van der Waals surface area contributed by atoms with Crippen LogP contribution in [0.25, 0.3) is 0 Å². The van der Waals surface area contributed by atoms with E-state index in [2.05, 4.69) is 13.8 Å². The molecule has 12 heavy (non-hydrogen) atoms. The molecule has 0 radical (unpaired) electrons. The maximum atomic E-state index is 5.11. The smallest absolute Gasteiger partial charge is 0.0113 e. The Labute approximate surface area is 84.0 Å². The van der Waals surface area contributed by atoms with Crippen LogP contribution in [0.15, 0.2) is 0 Å². The van der Waals surface area contributed by atoms with Crippen molar-refractivity contribution in [1.29, 1.82) is 0 Å². The van der Waals surface area contributed by atoms with Crippen LogP contribution in [0.2, 0.25) is 0 Å². The van der Waals surface area contributed by atoms with Gasteiger partial charge in [-0.15, -0.1) is 0 Å². The van der Waals surface area contributed by atoms with Gasteiger partial charge in [-0.3, -0.25) is 0 Å². The van der Waals surface area contributed by atoms with E-state index < -0.39 is 0 Å². The molecule has 0 heterocycles. The highest BCUT2D eigenvalue weighted by Crippen LogP contribution is 2.20. The molecule has 0 rings (SSSR count). The molecule has 0 N–H and O–H groups in total. The van der Waals surface area contributed by atoms with Gasteiger partial charge in [-0.05, 0) is 20.2 Å². The van der Waals surface area contributed by atoms with Crippen molar-refractivity contribution in [2.75, 3.05) is 0 Å². The zero-order chi connectivity index (χ0) is 9.23. The van der Waals surface area contributed by atoms with Crippen molar-refractivity contribution in [2.24, 2.45) is 0 Å². The van der Waals surface area contributed by atoms with Crippen LogP contribution in [-0.2, 0) is 11.8 Å². The normalized spacial score (nSPS) is 13.5. The van der Waals surface area contributed by atoms with Crippen LogP contribution in [0.3, 0.4) is 0 Å². The second-order valence-electron chi connectivity index (χ2n) is 3.40. The number of unbranched alkanes of at least 4 members (excludes halogenated alkanes) is 3. The third kappa shape index (κ3) is 7.18. The lowest BCUT2D eigenvalue weighted by molar-refractivity contribution is 0.597. The second kappa shape index (κ2) is 9.61. The summed E-state index contributed by atoms with van der Waals surface area (Å²) >= 11 is 5.11. The lowest BCUT2D eigenvalue weighted by Gasteiger charge is -2.08. The van der Waals surface area contributed by atoms with Gasteiger partial charge in [0.15, 0.2) is 0 Å². The van der Waals surface area contributed by atoms with Gasteiger partial charge in [-0.25, -0.2) is 0 Å². The molecule has 72 valence electrons. The van der Waals surface area contributed by atoms with E-state index in [0.717, 1.165) is 5.66 Å². The molecule has 1 atom stereocenters. The largest absolute Gasteiger partial charge is 0.0654 e. The summed E-state index contributed by atoms with van der Waals surface area (Å²) in [6.45, 7) is 4.51. The first kappa shape index (κ1) is 12.5. The maximum absolute atomic E-state index is 5.11. The average Bonchev–Trinajstić information content (AvgIpc) is 2.11. The quantitative estimate of drug-likeness (QED) is 0.413. The maximum Gasteiger partial charge on any atom is 0.0113 e. The third-order valence-electron chi connectivity index (χ3n) is 2.18. The predicted octanol–water partition coefficient (Wildman–Crippen LogP) is 4.53. The first-order valence-corrected chi connectivity index (χ1v) is 7.15. The van der Waals surface area contributed by atoms with Crippen molar-refractivity contribution >= 4 is 19.2 Å². The lowest BCUT2D eigenvalue weighted by Crippen LogP contribution is -1.97. The Morgan fingerprint density at radius 2 is 1.58 bits per heavy atom. The van der Waals surface area contributed by atoms with Crippen LogP contribution in [0.4, 0.5) is 0 Å². The number of hydrogen-bond donors (Lipinski definition) is 0.